The molecule has 112 valence electrons. The Morgan fingerprint density at radius 2 is 2.33 bits per heavy atom. The second kappa shape index (κ2) is 7.14. The second-order valence-corrected chi connectivity index (χ2v) is 5.75. The Hall–Kier alpha value is -1.99. The molecule has 0 fully saturated rings. The fraction of sp³-hybridized carbons (Fsp3) is 0.357. The molecule has 0 unspecified atom stereocenters. The normalized spacial score (nSPS) is 11.6. The van der Waals surface area contributed by atoms with Gasteiger partial charge in [0.1, 0.15) is 4.70 Å². The Bertz CT molecular complexity index is 702. The third kappa shape index (κ3) is 4.24. The van der Waals surface area contributed by atoms with Crippen LogP contribution in [-0.2, 0) is 11.3 Å². The van der Waals surface area contributed by atoms with Gasteiger partial charge in [0.2, 0.25) is 5.91 Å². The van der Waals surface area contributed by atoms with Crippen LogP contribution in [0.5, 0.6) is 0 Å². The first kappa shape index (κ1) is 15.4. The van der Waals surface area contributed by atoms with Crippen molar-refractivity contribution in [2.75, 3.05) is 27.2 Å². The van der Waals surface area contributed by atoms with Gasteiger partial charge in [0.25, 0.3) is 5.56 Å². The molecule has 1 N–H and O–H groups in total. The number of thiophene rings is 1. The highest BCUT2D eigenvalue weighted by molar-refractivity contribution is 7.17. The molecule has 21 heavy (non-hydrogen) atoms. The average Bonchev–Trinajstić information content (AvgIpc) is 2.90. The zero-order chi connectivity index (χ0) is 15.2. The van der Waals surface area contributed by atoms with Crippen molar-refractivity contribution in [2.45, 2.75) is 6.54 Å². The molecule has 0 aliphatic rings. The maximum atomic E-state index is 12.1. The van der Waals surface area contributed by atoms with E-state index in [-0.39, 0.29) is 11.5 Å². The molecule has 0 aliphatic heterocycles. The Balaban J connectivity index is 1.87. The lowest BCUT2D eigenvalue weighted by Gasteiger charge is -2.06. The number of hydrogen-bond acceptors (Lipinski definition) is 5. The van der Waals surface area contributed by atoms with Gasteiger partial charge in [0.15, 0.2) is 0 Å². The molecule has 1 amide bonds. The molecule has 7 heteroatoms. The Morgan fingerprint density at radius 1 is 1.52 bits per heavy atom. The standard InChI is InChI=1S/C14H18N4O2S/c1-17(2)7-3-4-12(19)15-6-8-18-10-16-11-5-9-21-13(11)14(18)20/h3-5,9-10H,6-8H2,1-2H3,(H,15,19)/b4-3+. The minimum absolute atomic E-state index is 0.0626. The van der Waals surface area contributed by atoms with Crippen molar-refractivity contribution >= 4 is 27.5 Å². The van der Waals surface area contributed by atoms with Gasteiger partial charge in [-0.05, 0) is 25.5 Å². The highest BCUT2D eigenvalue weighted by Crippen LogP contribution is 2.12. The van der Waals surface area contributed by atoms with E-state index in [0.29, 0.717) is 24.3 Å². The van der Waals surface area contributed by atoms with Gasteiger partial charge in [-0.3, -0.25) is 14.2 Å². The molecule has 0 bridgehead atoms. The van der Waals surface area contributed by atoms with Crippen LogP contribution in [0.25, 0.3) is 10.2 Å². The summed E-state index contributed by atoms with van der Waals surface area (Å²) >= 11 is 1.38. The molecule has 0 saturated carbocycles. The van der Waals surface area contributed by atoms with Gasteiger partial charge in [-0.1, -0.05) is 6.08 Å². The molecular weight excluding hydrogens is 288 g/mol. The first-order chi connectivity index (χ1) is 10.1. The van der Waals surface area contributed by atoms with Crippen molar-refractivity contribution < 1.29 is 4.79 Å². The fourth-order valence-electron chi connectivity index (χ4n) is 1.77. The molecule has 0 spiro atoms. The van der Waals surface area contributed by atoms with Gasteiger partial charge in [-0.15, -0.1) is 11.3 Å². The van der Waals surface area contributed by atoms with Crippen LogP contribution in [0.15, 0.2) is 34.7 Å². The van der Waals surface area contributed by atoms with E-state index in [1.165, 1.54) is 28.3 Å². The van der Waals surface area contributed by atoms with Crippen molar-refractivity contribution in [3.05, 3.63) is 40.3 Å². The number of nitrogens with zero attached hydrogens (tertiary/aromatic N) is 3. The molecule has 0 aliphatic carbocycles. The number of fused-ring (bicyclic) bond motifs is 1. The SMILES string of the molecule is CN(C)C/C=C/C(=O)NCCn1cnc2ccsc2c1=O. The zero-order valence-electron chi connectivity index (χ0n) is 12.1. The maximum Gasteiger partial charge on any atom is 0.271 e. The Kier molecular flexibility index (Phi) is 5.24. The third-order valence-electron chi connectivity index (χ3n) is 2.83. The Labute approximate surface area is 126 Å². The van der Waals surface area contributed by atoms with Gasteiger partial charge in [-0.25, -0.2) is 4.98 Å². The molecular formula is C14H18N4O2S. The summed E-state index contributed by atoms with van der Waals surface area (Å²) < 4.78 is 2.16. The van der Waals surface area contributed by atoms with Gasteiger partial charge in [0.05, 0.1) is 11.8 Å². The predicted molar refractivity (Wildman–Crippen MR) is 84.6 cm³/mol. The molecule has 2 heterocycles. The molecule has 0 radical (unpaired) electrons. The van der Waals surface area contributed by atoms with E-state index in [0.717, 1.165) is 5.52 Å². The van der Waals surface area contributed by atoms with E-state index in [1.807, 2.05) is 30.4 Å². The van der Waals surface area contributed by atoms with Crippen molar-refractivity contribution in [1.29, 1.82) is 0 Å². The van der Waals surface area contributed by atoms with Crippen LogP contribution >= 0.6 is 11.3 Å². The van der Waals surface area contributed by atoms with Gasteiger partial charge < -0.3 is 10.2 Å². The number of likely N-dealkylation sites (N-methyl/N-ethyl adjacent to an activating group) is 1. The predicted octanol–water partition coefficient (Wildman–Crippen LogP) is 0.692. The van der Waals surface area contributed by atoms with Crippen molar-refractivity contribution in [2.24, 2.45) is 0 Å². The van der Waals surface area contributed by atoms with Crippen LogP contribution in [-0.4, -0.2) is 47.5 Å². The van der Waals surface area contributed by atoms with Crippen molar-refractivity contribution in [3.63, 3.8) is 0 Å². The Morgan fingerprint density at radius 3 is 3.10 bits per heavy atom. The summed E-state index contributed by atoms with van der Waals surface area (Å²) in [5.41, 5.74) is 0.657. The van der Waals surface area contributed by atoms with Crippen LogP contribution in [0, 0.1) is 0 Å². The minimum atomic E-state index is -0.157. The first-order valence-electron chi connectivity index (χ1n) is 6.59. The summed E-state index contributed by atoms with van der Waals surface area (Å²) in [7, 11) is 3.87. The van der Waals surface area contributed by atoms with Crippen molar-refractivity contribution in [3.8, 4) is 0 Å². The summed E-state index contributed by atoms with van der Waals surface area (Å²) in [5, 5.41) is 4.59. The minimum Gasteiger partial charge on any atom is -0.351 e. The average molecular weight is 306 g/mol. The maximum absolute atomic E-state index is 12.1. The van der Waals surface area contributed by atoms with Gasteiger partial charge in [0, 0.05) is 25.7 Å². The molecule has 0 aromatic carbocycles. The first-order valence-corrected chi connectivity index (χ1v) is 7.47. The molecule has 0 atom stereocenters. The molecule has 2 aromatic rings. The largest absolute Gasteiger partial charge is 0.351 e. The highest BCUT2D eigenvalue weighted by atomic mass is 32.1. The number of carbonyl (C=O) groups is 1. The van der Waals surface area contributed by atoms with Gasteiger partial charge in [-0.2, -0.15) is 0 Å². The van der Waals surface area contributed by atoms with Crippen LogP contribution in [0.2, 0.25) is 0 Å². The topological polar surface area (TPSA) is 67.2 Å². The number of nitrogens with one attached hydrogen (secondary N) is 1. The van der Waals surface area contributed by atoms with Crippen LogP contribution in [0.3, 0.4) is 0 Å². The number of hydrogen-bond donors (Lipinski definition) is 1. The fourth-order valence-corrected chi connectivity index (χ4v) is 2.56. The van der Waals surface area contributed by atoms with E-state index < -0.39 is 0 Å². The van der Waals surface area contributed by atoms with Crippen LogP contribution in [0.1, 0.15) is 0 Å². The molecule has 6 nitrogen and oxygen atoms in total. The summed E-state index contributed by atoms with van der Waals surface area (Å²) in [6.45, 7) is 1.52. The molecule has 2 aromatic heterocycles. The van der Waals surface area contributed by atoms with E-state index in [1.54, 1.807) is 6.08 Å². The number of aromatic nitrogens is 2. The lowest BCUT2D eigenvalue weighted by atomic mass is 10.4. The summed E-state index contributed by atoms with van der Waals surface area (Å²) in [5.74, 6) is -0.157. The number of rotatable bonds is 6. The lowest BCUT2D eigenvalue weighted by Crippen LogP contribution is -2.29. The number of amides is 1. The summed E-state index contributed by atoms with van der Waals surface area (Å²) in [6.07, 6.45) is 4.82. The van der Waals surface area contributed by atoms with Crippen LogP contribution in [0.4, 0.5) is 0 Å². The highest BCUT2D eigenvalue weighted by Gasteiger charge is 2.05. The third-order valence-corrected chi connectivity index (χ3v) is 3.72. The van der Waals surface area contributed by atoms with Gasteiger partial charge >= 0.3 is 0 Å². The van der Waals surface area contributed by atoms with Crippen LogP contribution < -0.4 is 10.9 Å². The monoisotopic (exact) mass is 306 g/mol. The summed E-state index contributed by atoms with van der Waals surface area (Å²) in [6, 6.07) is 1.82. The van der Waals surface area contributed by atoms with E-state index in [2.05, 4.69) is 10.3 Å². The smallest absolute Gasteiger partial charge is 0.271 e. The number of carbonyl (C=O) groups excluding carboxylic acids is 1. The van der Waals surface area contributed by atoms with E-state index in [9.17, 15) is 9.59 Å². The quantitative estimate of drug-likeness (QED) is 0.798. The molecule has 0 saturated heterocycles. The molecule has 2 rings (SSSR count). The van der Waals surface area contributed by atoms with E-state index in [4.69, 9.17) is 0 Å². The lowest BCUT2D eigenvalue weighted by molar-refractivity contribution is -0.116. The zero-order valence-corrected chi connectivity index (χ0v) is 12.9. The second-order valence-electron chi connectivity index (χ2n) is 4.83. The summed E-state index contributed by atoms with van der Waals surface area (Å²) in [4.78, 5) is 29.8. The van der Waals surface area contributed by atoms with E-state index >= 15 is 0 Å². The van der Waals surface area contributed by atoms with Crippen molar-refractivity contribution in [1.82, 2.24) is 19.8 Å².